The van der Waals surface area contributed by atoms with Crippen molar-refractivity contribution in [2.45, 2.75) is 45.6 Å². The number of hydrogen-bond acceptors (Lipinski definition) is 5. The number of carbonyl (C=O) groups is 1. The van der Waals surface area contributed by atoms with E-state index in [4.69, 9.17) is 14.2 Å². The molecule has 24 heavy (non-hydrogen) atoms. The second kappa shape index (κ2) is 6.99. The lowest BCUT2D eigenvalue weighted by Gasteiger charge is -2.38. The van der Waals surface area contributed by atoms with Crippen molar-refractivity contribution in [2.24, 2.45) is 0 Å². The zero-order chi connectivity index (χ0) is 17.3. The van der Waals surface area contributed by atoms with E-state index in [2.05, 4.69) is 4.90 Å². The molecule has 3 unspecified atom stereocenters. The molecule has 0 aliphatic carbocycles. The van der Waals surface area contributed by atoms with Crippen LogP contribution in [0.1, 0.15) is 26.3 Å². The first kappa shape index (κ1) is 17.0. The van der Waals surface area contributed by atoms with Gasteiger partial charge in [-0.05, 0) is 45.5 Å². The molecule has 2 aliphatic heterocycles. The molecule has 0 radical (unpaired) electrons. The van der Waals surface area contributed by atoms with Gasteiger partial charge in [0.1, 0.15) is 0 Å². The van der Waals surface area contributed by atoms with Crippen LogP contribution in [-0.4, -0.2) is 60.9 Å². The van der Waals surface area contributed by atoms with Gasteiger partial charge in [0.15, 0.2) is 11.5 Å². The van der Waals surface area contributed by atoms with Crippen LogP contribution in [0.15, 0.2) is 18.2 Å². The van der Waals surface area contributed by atoms with Gasteiger partial charge in [-0.1, -0.05) is 6.07 Å². The Hall–Kier alpha value is -1.79. The quantitative estimate of drug-likeness (QED) is 0.841. The van der Waals surface area contributed by atoms with E-state index in [0.29, 0.717) is 19.6 Å². The van der Waals surface area contributed by atoms with E-state index < -0.39 is 0 Å². The molecule has 0 saturated carbocycles. The highest BCUT2D eigenvalue weighted by Gasteiger charge is 2.30. The van der Waals surface area contributed by atoms with Gasteiger partial charge < -0.3 is 19.1 Å². The maximum atomic E-state index is 12.8. The molecule has 1 aromatic rings. The van der Waals surface area contributed by atoms with Crippen molar-refractivity contribution >= 4 is 5.91 Å². The van der Waals surface area contributed by atoms with Gasteiger partial charge in [-0.15, -0.1) is 0 Å². The number of ether oxygens (including phenoxy) is 3. The molecule has 1 fully saturated rings. The summed E-state index contributed by atoms with van der Waals surface area (Å²) in [7, 11) is 1.97. The van der Waals surface area contributed by atoms with Crippen molar-refractivity contribution in [3.8, 4) is 11.5 Å². The van der Waals surface area contributed by atoms with Gasteiger partial charge in [0, 0.05) is 19.6 Å². The topological polar surface area (TPSA) is 51.2 Å². The van der Waals surface area contributed by atoms with Crippen molar-refractivity contribution in [2.75, 3.05) is 26.9 Å². The summed E-state index contributed by atoms with van der Waals surface area (Å²) in [5.41, 5.74) is 1.10. The number of morpholine rings is 1. The average Bonchev–Trinajstić information content (AvgIpc) is 3.00. The third kappa shape index (κ3) is 3.65. The van der Waals surface area contributed by atoms with Crippen molar-refractivity contribution in [3.05, 3.63) is 23.8 Å². The summed E-state index contributed by atoms with van der Waals surface area (Å²) >= 11 is 0. The monoisotopic (exact) mass is 334 g/mol. The van der Waals surface area contributed by atoms with Gasteiger partial charge in [0.25, 0.3) is 0 Å². The number of nitrogens with zero attached hydrogens (tertiary/aromatic N) is 2. The Morgan fingerprint density at radius 3 is 2.62 bits per heavy atom. The first-order valence-corrected chi connectivity index (χ1v) is 8.47. The smallest absolute Gasteiger partial charge is 0.239 e. The standard InChI is InChI=1S/C18H26N2O4/c1-12-8-20(9-13(2)24-12)18(21)14(3)19(4)10-15-5-6-16-17(7-15)23-11-22-16/h5-7,12-14H,8-11H2,1-4H3. The van der Waals surface area contributed by atoms with E-state index in [1.165, 1.54) is 0 Å². The Balaban J connectivity index is 1.61. The first-order valence-electron chi connectivity index (χ1n) is 8.47. The maximum absolute atomic E-state index is 12.8. The molecule has 0 aromatic heterocycles. The molecule has 0 N–H and O–H groups in total. The van der Waals surface area contributed by atoms with Crippen LogP contribution in [0, 0.1) is 0 Å². The molecule has 3 atom stereocenters. The fourth-order valence-electron chi connectivity index (χ4n) is 3.27. The van der Waals surface area contributed by atoms with Crippen LogP contribution in [0.4, 0.5) is 0 Å². The van der Waals surface area contributed by atoms with Crippen molar-refractivity contribution < 1.29 is 19.0 Å². The highest BCUT2D eigenvalue weighted by molar-refractivity contribution is 5.81. The molecule has 1 saturated heterocycles. The molecule has 6 nitrogen and oxygen atoms in total. The molecule has 1 aromatic carbocycles. The van der Waals surface area contributed by atoms with Crippen LogP contribution in [0.3, 0.4) is 0 Å². The Kier molecular flexibility index (Phi) is 4.96. The summed E-state index contributed by atoms with van der Waals surface area (Å²) in [6, 6.07) is 5.73. The molecule has 3 rings (SSSR count). The Morgan fingerprint density at radius 1 is 1.25 bits per heavy atom. The Bertz CT molecular complexity index is 597. The van der Waals surface area contributed by atoms with E-state index in [-0.39, 0.29) is 30.9 Å². The summed E-state index contributed by atoms with van der Waals surface area (Å²) in [6.45, 7) is 8.25. The second-order valence-corrected chi connectivity index (χ2v) is 6.78. The second-order valence-electron chi connectivity index (χ2n) is 6.78. The number of hydrogen-bond donors (Lipinski definition) is 0. The fourth-order valence-corrected chi connectivity index (χ4v) is 3.27. The Morgan fingerprint density at radius 2 is 1.92 bits per heavy atom. The van der Waals surface area contributed by atoms with Crippen molar-refractivity contribution in [3.63, 3.8) is 0 Å². The summed E-state index contributed by atoms with van der Waals surface area (Å²) in [4.78, 5) is 16.8. The maximum Gasteiger partial charge on any atom is 0.239 e. The van der Waals surface area contributed by atoms with Crippen LogP contribution in [-0.2, 0) is 16.1 Å². The lowest BCUT2D eigenvalue weighted by Crippen LogP contribution is -2.53. The molecule has 1 amide bonds. The van der Waals surface area contributed by atoms with Crippen LogP contribution in [0.25, 0.3) is 0 Å². The summed E-state index contributed by atoms with van der Waals surface area (Å²) in [6.07, 6.45) is 0.174. The molecule has 2 heterocycles. The summed E-state index contributed by atoms with van der Waals surface area (Å²) < 4.78 is 16.5. The zero-order valence-corrected chi connectivity index (χ0v) is 14.8. The number of fused-ring (bicyclic) bond motifs is 1. The predicted molar refractivity (Wildman–Crippen MR) is 90.1 cm³/mol. The predicted octanol–water partition coefficient (Wildman–Crippen LogP) is 1.87. The van der Waals surface area contributed by atoms with E-state index in [9.17, 15) is 4.79 Å². The minimum absolute atomic E-state index is 0.0871. The van der Waals surface area contributed by atoms with E-state index >= 15 is 0 Å². The van der Waals surface area contributed by atoms with Crippen molar-refractivity contribution in [1.29, 1.82) is 0 Å². The minimum atomic E-state index is -0.187. The normalized spacial score (nSPS) is 24.3. The average molecular weight is 334 g/mol. The van der Waals surface area contributed by atoms with Gasteiger partial charge in [0.05, 0.1) is 18.2 Å². The van der Waals surface area contributed by atoms with Gasteiger partial charge in [0.2, 0.25) is 12.7 Å². The van der Waals surface area contributed by atoms with Crippen LogP contribution >= 0.6 is 0 Å². The molecular formula is C18H26N2O4. The molecular weight excluding hydrogens is 308 g/mol. The highest BCUT2D eigenvalue weighted by Crippen LogP contribution is 2.32. The SMILES string of the molecule is CC1CN(C(=O)C(C)N(C)Cc2ccc3c(c2)OCO3)CC(C)O1. The first-order chi connectivity index (χ1) is 11.4. The third-order valence-electron chi connectivity index (χ3n) is 4.62. The summed E-state index contributed by atoms with van der Waals surface area (Å²) in [5, 5.41) is 0. The number of benzene rings is 1. The molecule has 6 heteroatoms. The number of rotatable bonds is 4. The molecule has 132 valence electrons. The largest absolute Gasteiger partial charge is 0.454 e. The zero-order valence-electron chi connectivity index (χ0n) is 14.8. The third-order valence-corrected chi connectivity index (χ3v) is 4.62. The highest BCUT2D eigenvalue weighted by atomic mass is 16.7. The lowest BCUT2D eigenvalue weighted by atomic mass is 10.1. The number of likely N-dealkylation sites (N-methyl/N-ethyl adjacent to an activating group) is 1. The van der Waals surface area contributed by atoms with Crippen LogP contribution in [0.2, 0.25) is 0 Å². The van der Waals surface area contributed by atoms with E-state index in [1.54, 1.807) is 0 Å². The summed E-state index contributed by atoms with van der Waals surface area (Å²) in [5.74, 6) is 1.71. The van der Waals surface area contributed by atoms with Gasteiger partial charge in [-0.3, -0.25) is 9.69 Å². The number of carbonyl (C=O) groups excluding carboxylic acids is 1. The van der Waals surface area contributed by atoms with Gasteiger partial charge >= 0.3 is 0 Å². The van der Waals surface area contributed by atoms with Gasteiger partial charge in [-0.25, -0.2) is 0 Å². The lowest BCUT2D eigenvalue weighted by molar-refractivity contribution is -0.147. The molecule has 2 aliphatic rings. The van der Waals surface area contributed by atoms with Gasteiger partial charge in [-0.2, -0.15) is 0 Å². The fraction of sp³-hybridized carbons (Fsp3) is 0.611. The van der Waals surface area contributed by atoms with E-state index in [1.807, 2.05) is 50.9 Å². The molecule has 0 bridgehead atoms. The molecule has 0 spiro atoms. The van der Waals surface area contributed by atoms with Crippen molar-refractivity contribution in [1.82, 2.24) is 9.80 Å². The van der Waals surface area contributed by atoms with E-state index in [0.717, 1.165) is 17.1 Å². The van der Waals surface area contributed by atoms with Crippen LogP contribution < -0.4 is 9.47 Å². The number of amides is 1. The minimum Gasteiger partial charge on any atom is -0.454 e. The Labute approximate surface area is 143 Å². The van der Waals surface area contributed by atoms with Crippen LogP contribution in [0.5, 0.6) is 11.5 Å².